The molecule has 0 heterocycles. The highest BCUT2D eigenvalue weighted by atomic mass is 32.2. The lowest BCUT2D eigenvalue weighted by Crippen LogP contribution is -2.08. The van der Waals surface area contributed by atoms with E-state index in [0.29, 0.717) is 0 Å². The van der Waals surface area contributed by atoms with Crippen LogP contribution in [0.25, 0.3) is 0 Å². The van der Waals surface area contributed by atoms with E-state index in [1.807, 2.05) is 26.8 Å². The molecule has 102 valence electrons. The zero-order chi connectivity index (χ0) is 13.9. The van der Waals surface area contributed by atoms with E-state index in [1.165, 1.54) is 0 Å². The highest BCUT2D eigenvalue weighted by molar-refractivity contribution is 7.85. The minimum Gasteiger partial charge on any atom is -0.282 e. The topological polar surface area (TPSA) is 54.4 Å². The van der Waals surface area contributed by atoms with Gasteiger partial charge in [0.05, 0.1) is 4.90 Å². The molecule has 1 N–H and O–H groups in total. The zero-order valence-corrected chi connectivity index (χ0v) is 12.3. The van der Waals surface area contributed by atoms with Crippen LogP contribution in [-0.4, -0.2) is 13.0 Å². The monoisotopic (exact) mass is 270 g/mol. The molecule has 0 radical (unpaired) electrons. The van der Waals surface area contributed by atoms with Crippen molar-refractivity contribution in [2.45, 2.75) is 57.8 Å². The van der Waals surface area contributed by atoms with Crippen molar-refractivity contribution in [3.63, 3.8) is 0 Å². The fraction of sp³-hybridized carbons (Fsp3) is 0.571. The Morgan fingerprint density at radius 2 is 1.89 bits per heavy atom. The highest BCUT2D eigenvalue weighted by Gasteiger charge is 2.20. The third-order valence-corrected chi connectivity index (χ3v) is 4.32. The first-order valence-electron chi connectivity index (χ1n) is 6.42. The second kappa shape index (κ2) is 5.85. The molecule has 0 aliphatic heterocycles. The second-order valence-electron chi connectivity index (χ2n) is 4.85. The van der Waals surface area contributed by atoms with E-state index in [-0.39, 0.29) is 10.8 Å². The normalized spacial score (nSPS) is 13.6. The summed E-state index contributed by atoms with van der Waals surface area (Å²) in [4.78, 5) is 0.0749. The van der Waals surface area contributed by atoms with Crippen LogP contribution in [0.4, 0.5) is 0 Å². The van der Waals surface area contributed by atoms with E-state index in [0.717, 1.165) is 36.0 Å². The van der Waals surface area contributed by atoms with Gasteiger partial charge in [0.15, 0.2) is 0 Å². The van der Waals surface area contributed by atoms with Crippen molar-refractivity contribution < 1.29 is 13.0 Å². The van der Waals surface area contributed by atoms with E-state index in [4.69, 9.17) is 0 Å². The van der Waals surface area contributed by atoms with Crippen LogP contribution < -0.4 is 0 Å². The average molecular weight is 270 g/mol. The third-order valence-electron chi connectivity index (χ3n) is 3.41. The number of hydrogen-bond donors (Lipinski definition) is 1. The molecule has 0 spiro atoms. The van der Waals surface area contributed by atoms with E-state index in [2.05, 4.69) is 6.92 Å². The molecule has 3 nitrogen and oxygen atoms in total. The first kappa shape index (κ1) is 15.2. The molecule has 4 heteroatoms. The Bertz CT molecular complexity index is 518. The molecular weight excluding hydrogens is 248 g/mol. The maximum atomic E-state index is 11.5. The van der Waals surface area contributed by atoms with Gasteiger partial charge in [0.25, 0.3) is 10.1 Å². The van der Waals surface area contributed by atoms with Crippen LogP contribution >= 0.6 is 0 Å². The van der Waals surface area contributed by atoms with Crippen LogP contribution in [0, 0.1) is 6.92 Å². The average Bonchev–Trinajstić information content (AvgIpc) is 2.29. The van der Waals surface area contributed by atoms with Gasteiger partial charge in [-0.05, 0) is 48.4 Å². The van der Waals surface area contributed by atoms with Crippen molar-refractivity contribution in [2.24, 2.45) is 0 Å². The molecule has 1 aromatic carbocycles. The van der Waals surface area contributed by atoms with Gasteiger partial charge in [-0.15, -0.1) is 0 Å². The van der Waals surface area contributed by atoms with Crippen molar-refractivity contribution in [2.75, 3.05) is 0 Å². The third kappa shape index (κ3) is 3.33. The molecule has 0 aromatic heterocycles. The molecule has 0 amide bonds. The van der Waals surface area contributed by atoms with Gasteiger partial charge in [-0.2, -0.15) is 8.42 Å². The van der Waals surface area contributed by atoms with Crippen LogP contribution in [0.2, 0.25) is 0 Å². The van der Waals surface area contributed by atoms with Gasteiger partial charge in [-0.1, -0.05) is 33.3 Å². The van der Waals surface area contributed by atoms with Crippen LogP contribution in [-0.2, 0) is 16.5 Å². The summed E-state index contributed by atoms with van der Waals surface area (Å²) in [6.07, 6.45) is 2.62. The van der Waals surface area contributed by atoms with E-state index < -0.39 is 10.1 Å². The van der Waals surface area contributed by atoms with Gasteiger partial charge in [0.1, 0.15) is 0 Å². The minimum absolute atomic E-state index is 0.0749. The maximum Gasteiger partial charge on any atom is 0.294 e. The van der Waals surface area contributed by atoms with E-state index in [1.54, 1.807) is 6.07 Å². The SMILES string of the molecule is CCCc1cc(S(=O)(=O)O)c(C(C)CC)cc1C. The summed E-state index contributed by atoms with van der Waals surface area (Å²) in [7, 11) is -4.15. The van der Waals surface area contributed by atoms with Crippen LogP contribution in [0.15, 0.2) is 17.0 Å². The molecule has 0 aliphatic carbocycles. The van der Waals surface area contributed by atoms with Crippen molar-refractivity contribution in [3.8, 4) is 0 Å². The summed E-state index contributed by atoms with van der Waals surface area (Å²) >= 11 is 0. The van der Waals surface area contributed by atoms with Crippen LogP contribution in [0.5, 0.6) is 0 Å². The Balaban J connectivity index is 3.47. The van der Waals surface area contributed by atoms with Gasteiger partial charge in [-0.25, -0.2) is 0 Å². The van der Waals surface area contributed by atoms with E-state index >= 15 is 0 Å². The Morgan fingerprint density at radius 1 is 1.28 bits per heavy atom. The number of hydrogen-bond acceptors (Lipinski definition) is 2. The van der Waals surface area contributed by atoms with Gasteiger partial charge in [0.2, 0.25) is 0 Å². The van der Waals surface area contributed by atoms with Gasteiger partial charge >= 0.3 is 0 Å². The maximum absolute atomic E-state index is 11.5. The molecule has 0 fully saturated rings. The number of benzene rings is 1. The van der Waals surface area contributed by atoms with Crippen molar-refractivity contribution >= 4 is 10.1 Å². The molecule has 0 aliphatic rings. The van der Waals surface area contributed by atoms with Crippen LogP contribution in [0.3, 0.4) is 0 Å². The fourth-order valence-corrected chi connectivity index (χ4v) is 2.97. The lowest BCUT2D eigenvalue weighted by Gasteiger charge is -2.16. The summed E-state index contributed by atoms with van der Waals surface area (Å²) in [6, 6.07) is 3.54. The van der Waals surface area contributed by atoms with Gasteiger partial charge in [0, 0.05) is 0 Å². The van der Waals surface area contributed by atoms with Gasteiger partial charge in [-0.3, -0.25) is 4.55 Å². The molecule has 18 heavy (non-hydrogen) atoms. The first-order valence-corrected chi connectivity index (χ1v) is 7.86. The van der Waals surface area contributed by atoms with Crippen molar-refractivity contribution in [1.29, 1.82) is 0 Å². The minimum atomic E-state index is -4.15. The standard InChI is InChI=1S/C14H22O3S/c1-5-7-12-9-14(18(15,16)17)13(8-11(12)4)10(3)6-2/h8-10H,5-7H2,1-4H3,(H,15,16,17). The Morgan fingerprint density at radius 3 is 2.33 bits per heavy atom. The number of rotatable bonds is 5. The predicted molar refractivity (Wildman–Crippen MR) is 73.7 cm³/mol. The summed E-state index contributed by atoms with van der Waals surface area (Å²) in [6.45, 7) is 8.02. The van der Waals surface area contributed by atoms with Crippen LogP contribution in [0.1, 0.15) is 56.2 Å². The Hall–Kier alpha value is -0.870. The number of aryl methyl sites for hydroxylation is 2. The molecule has 1 unspecified atom stereocenters. The molecule has 1 atom stereocenters. The summed E-state index contributed by atoms with van der Waals surface area (Å²) < 4.78 is 32.4. The molecule has 1 rings (SSSR count). The van der Waals surface area contributed by atoms with E-state index in [9.17, 15) is 13.0 Å². The van der Waals surface area contributed by atoms with Crippen molar-refractivity contribution in [3.05, 3.63) is 28.8 Å². The molecule has 1 aromatic rings. The second-order valence-corrected chi connectivity index (χ2v) is 6.24. The smallest absolute Gasteiger partial charge is 0.282 e. The molecule has 0 saturated carbocycles. The Labute approximate surface area is 110 Å². The summed E-state index contributed by atoms with van der Waals surface area (Å²) in [5, 5.41) is 0. The zero-order valence-electron chi connectivity index (χ0n) is 11.5. The quantitative estimate of drug-likeness (QED) is 0.830. The summed E-state index contributed by atoms with van der Waals surface area (Å²) in [5.74, 6) is 0.122. The predicted octanol–water partition coefficient (Wildman–Crippen LogP) is 3.71. The fourth-order valence-electron chi connectivity index (χ4n) is 2.12. The van der Waals surface area contributed by atoms with Crippen molar-refractivity contribution in [1.82, 2.24) is 0 Å². The first-order chi connectivity index (χ1) is 8.31. The molecule has 0 saturated heterocycles. The largest absolute Gasteiger partial charge is 0.294 e. The highest BCUT2D eigenvalue weighted by Crippen LogP contribution is 2.29. The lowest BCUT2D eigenvalue weighted by molar-refractivity contribution is 0.480. The summed E-state index contributed by atoms with van der Waals surface area (Å²) in [5.41, 5.74) is 2.81. The van der Waals surface area contributed by atoms with Gasteiger partial charge < -0.3 is 0 Å². The molecular formula is C14H22O3S. The molecule has 0 bridgehead atoms. The Kier molecular flexibility index (Phi) is 4.93. The lowest BCUT2D eigenvalue weighted by atomic mass is 9.93.